The summed E-state index contributed by atoms with van der Waals surface area (Å²) in [5, 5.41) is 1.59. The first kappa shape index (κ1) is 21.7. The molecule has 1 aliphatic carbocycles. The zero-order chi connectivity index (χ0) is 21.1. The van der Waals surface area contributed by atoms with Crippen LogP contribution in [0.5, 0.6) is 0 Å². The molecular formula is C22H28ClN3O3S. The molecule has 2 unspecified atom stereocenters. The average molecular weight is 450 g/mol. The van der Waals surface area contributed by atoms with Gasteiger partial charge in [-0.3, -0.25) is 14.2 Å². The smallest absolute Gasteiger partial charge is 0.262 e. The molecule has 2 atom stereocenters. The van der Waals surface area contributed by atoms with Crippen molar-refractivity contribution in [2.75, 3.05) is 26.0 Å². The number of nitrogens with zero attached hydrogens (tertiary/aromatic N) is 3. The van der Waals surface area contributed by atoms with Gasteiger partial charge in [-0.2, -0.15) is 0 Å². The van der Waals surface area contributed by atoms with Gasteiger partial charge in [-0.1, -0.05) is 36.2 Å². The molecule has 0 N–H and O–H groups in total. The van der Waals surface area contributed by atoms with Crippen molar-refractivity contribution in [3.05, 3.63) is 33.6 Å². The fourth-order valence-electron chi connectivity index (χ4n) is 4.81. The van der Waals surface area contributed by atoms with Gasteiger partial charge in [0, 0.05) is 24.7 Å². The summed E-state index contributed by atoms with van der Waals surface area (Å²) in [5.41, 5.74) is 0.426. The van der Waals surface area contributed by atoms with Gasteiger partial charge in [-0.25, -0.2) is 4.98 Å². The van der Waals surface area contributed by atoms with E-state index in [1.165, 1.54) is 37.4 Å². The number of hydrogen-bond donors (Lipinski definition) is 0. The summed E-state index contributed by atoms with van der Waals surface area (Å²) in [4.78, 5) is 32.9. The fourth-order valence-corrected chi connectivity index (χ4v) is 5.89. The van der Waals surface area contributed by atoms with E-state index in [1.54, 1.807) is 29.9 Å². The number of aromatic nitrogens is 2. The number of hydrogen-bond acceptors (Lipinski definition) is 5. The third kappa shape index (κ3) is 4.53. The molecule has 1 aromatic carbocycles. The molecular weight excluding hydrogens is 422 g/mol. The van der Waals surface area contributed by atoms with E-state index in [0.717, 1.165) is 19.4 Å². The van der Waals surface area contributed by atoms with E-state index in [-0.39, 0.29) is 17.2 Å². The molecule has 8 heteroatoms. The second-order valence-electron chi connectivity index (χ2n) is 8.14. The topological polar surface area (TPSA) is 64.4 Å². The Morgan fingerprint density at radius 2 is 2.07 bits per heavy atom. The van der Waals surface area contributed by atoms with Crippen molar-refractivity contribution in [1.29, 1.82) is 0 Å². The number of piperidine rings is 1. The van der Waals surface area contributed by atoms with Gasteiger partial charge < -0.3 is 9.64 Å². The quantitative estimate of drug-likeness (QED) is 0.493. The van der Waals surface area contributed by atoms with Crippen molar-refractivity contribution in [3.63, 3.8) is 0 Å². The van der Waals surface area contributed by atoms with Crippen LogP contribution in [0.4, 0.5) is 0 Å². The third-order valence-corrected chi connectivity index (χ3v) is 7.49. The molecule has 4 rings (SSSR count). The molecule has 2 fully saturated rings. The van der Waals surface area contributed by atoms with Crippen LogP contribution in [-0.2, 0) is 16.1 Å². The van der Waals surface area contributed by atoms with E-state index in [4.69, 9.17) is 16.3 Å². The summed E-state index contributed by atoms with van der Waals surface area (Å²) in [6, 6.07) is 5.48. The molecule has 30 heavy (non-hydrogen) atoms. The number of rotatable bonds is 6. The highest BCUT2D eigenvalue weighted by Gasteiger charge is 2.35. The lowest BCUT2D eigenvalue weighted by atomic mass is 9.78. The van der Waals surface area contributed by atoms with Crippen LogP contribution in [0.1, 0.15) is 38.5 Å². The minimum Gasteiger partial charge on any atom is -0.383 e. The monoisotopic (exact) mass is 449 g/mol. The number of likely N-dealkylation sites (tertiary alicyclic amines) is 1. The molecule has 2 aromatic rings. The number of carbonyl (C=O) groups excluding carboxylic acids is 1. The Kier molecular flexibility index (Phi) is 7.01. The fraction of sp³-hybridized carbons (Fsp3) is 0.591. The van der Waals surface area contributed by atoms with Crippen LogP contribution in [0.2, 0.25) is 5.02 Å². The van der Waals surface area contributed by atoms with Gasteiger partial charge in [-0.05, 0) is 49.8 Å². The average Bonchev–Trinajstić information content (AvgIpc) is 2.76. The predicted octanol–water partition coefficient (Wildman–Crippen LogP) is 3.97. The first-order valence-electron chi connectivity index (χ1n) is 10.7. The number of thioether (sulfide) groups is 1. The van der Waals surface area contributed by atoms with E-state index in [1.807, 2.05) is 0 Å². The Bertz CT molecular complexity index is 978. The first-order valence-corrected chi connectivity index (χ1v) is 12.1. The van der Waals surface area contributed by atoms with Crippen LogP contribution in [-0.4, -0.2) is 52.4 Å². The zero-order valence-electron chi connectivity index (χ0n) is 17.3. The normalized spacial score (nSPS) is 21.6. The molecule has 1 amide bonds. The van der Waals surface area contributed by atoms with Crippen LogP contribution in [0.3, 0.4) is 0 Å². The predicted molar refractivity (Wildman–Crippen MR) is 120 cm³/mol. The van der Waals surface area contributed by atoms with E-state index in [0.29, 0.717) is 46.2 Å². The van der Waals surface area contributed by atoms with Crippen molar-refractivity contribution >= 4 is 40.2 Å². The van der Waals surface area contributed by atoms with E-state index < -0.39 is 0 Å². The van der Waals surface area contributed by atoms with Gasteiger partial charge >= 0.3 is 0 Å². The zero-order valence-corrected chi connectivity index (χ0v) is 18.9. The minimum atomic E-state index is -0.131. The Hall–Kier alpha value is -1.57. The van der Waals surface area contributed by atoms with Crippen molar-refractivity contribution < 1.29 is 9.53 Å². The lowest BCUT2D eigenvalue weighted by molar-refractivity contribution is -0.134. The van der Waals surface area contributed by atoms with Crippen molar-refractivity contribution in [3.8, 4) is 0 Å². The van der Waals surface area contributed by atoms with E-state index in [9.17, 15) is 9.59 Å². The van der Waals surface area contributed by atoms with Crippen molar-refractivity contribution in [1.82, 2.24) is 14.5 Å². The van der Waals surface area contributed by atoms with Gasteiger partial charge in [0.1, 0.15) is 0 Å². The Morgan fingerprint density at radius 3 is 2.90 bits per heavy atom. The summed E-state index contributed by atoms with van der Waals surface area (Å²) in [6.07, 6.45) is 7.18. The molecule has 6 nitrogen and oxygen atoms in total. The summed E-state index contributed by atoms with van der Waals surface area (Å²) in [6.45, 7) is 1.64. The minimum absolute atomic E-state index is 0.131. The molecule has 1 saturated carbocycles. The Morgan fingerprint density at radius 1 is 1.27 bits per heavy atom. The number of methoxy groups -OCH3 is 1. The standard InChI is InChI=1S/C22H28ClN3O3S/c1-29-12-11-26-21(28)17-9-8-16(23)13-18(17)24-22(26)30-14-20(27)25-10-4-6-15-5-2-3-7-19(15)25/h8-9,13,15,19H,2-7,10-12,14H2,1H3. The number of benzene rings is 1. The maximum Gasteiger partial charge on any atom is 0.262 e. The summed E-state index contributed by atoms with van der Waals surface area (Å²) < 4.78 is 6.78. The van der Waals surface area contributed by atoms with Gasteiger partial charge in [0.05, 0.1) is 29.8 Å². The van der Waals surface area contributed by atoms with E-state index in [2.05, 4.69) is 9.88 Å². The van der Waals surface area contributed by atoms with Gasteiger partial charge in [0.2, 0.25) is 5.91 Å². The lowest BCUT2D eigenvalue weighted by Gasteiger charge is -2.44. The largest absolute Gasteiger partial charge is 0.383 e. The molecule has 2 heterocycles. The SMILES string of the molecule is COCCn1c(SCC(=O)N2CCCC3CCCCC32)nc2cc(Cl)ccc2c1=O. The van der Waals surface area contributed by atoms with Crippen LogP contribution in [0.15, 0.2) is 28.2 Å². The lowest BCUT2D eigenvalue weighted by Crippen LogP contribution is -2.50. The summed E-state index contributed by atoms with van der Waals surface area (Å²) in [7, 11) is 1.60. The van der Waals surface area contributed by atoms with Crippen LogP contribution >= 0.6 is 23.4 Å². The number of ether oxygens (including phenoxy) is 1. The highest BCUT2D eigenvalue weighted by atomic mass is 35.5. The van der Waals surface area contributed by atoms with Crippen LogP contribution in [0.25, 0.3) is 10.9 Å². The molecule has 1 aromatic heterocycles. The Balaban J connectivity index is 1.56. The van der Waals surface area contributed by atoms with E-state index >= 15 is 0 Å². The molecule has 2 aliphatic rings. The second-order valence-corrected chi connectivity index (χ2v) is 9.51. The van der Waals surface area contributed by atoms with Gasteiger partial charge in [0.25, 0.3) is 5.56 Å². The van der Waals surface area contributed by atoms with Crippen LogP contribution < -0.4 is 5.56 Å². The Labute approximate surface area is 185 Å². The number of fused-ring (bicyclic) bond motifs is 2. The number of amides is 1. The molecule has 0 radical (unpaired) electrons. The third-order valence-electron chi connectivity index (χ3n) is 6.29. The summed E-state index contributed by atoms with van der Waals surface area (Å²) in [5.74, 6) is 1.09. The maximum atomic E-state index is 13.1. The second kappa shape index (κ2) is 9.71. The van der Waals surface area contributed by atoms with Crippen molar-refractivity contribution in [2.45, 2.75) is 56.3 Å². The number of halogens is 1. The highest BCUT2D eigenvalue weighted by Crippen LogP contribution is 2.35. The molecule has 1 aliphatic heterocycles. The maximum absolute atomic E-state index is 13.1. The highest BCUT2D eigenvalue weighted by molar-refractivity contribution is 7.99. The molecule has 1 saturated heterocycles. The van der Waals surface area contributed by atoms with Crippen LogP contribution in [0, 0.1) is 5.92 Å². The van der Waals surface area contributed by atoms with Crippen molar-refractivity contribution in [2.24, 2.45) is 5.92 Å². The summed E-state index contributed by atoms with van der Waals surface area (Å²) >= 11 is 7.44. The van der Waals surface area contributed by atoms with Gasteiger partial charge in [0.15, 0.2) is 5.16 Å². The first-order chi connectivity index (χ1) is 14.6. The van der Waals surface area contributed by atoms with Gasteiger partial charge in [-0.15, -0.1) is 0 Å². The molecule has 0 spiro atoms. The number of carbonyl (C=O) groups is 1. The molecule has 0 bridgehead atoms. The molecule has 162 valence electrons.